The molecule has 2 heterocycles. The molecular formula is C44H57N3O6. The standard InChI is InChI=1S/C44H57N3O6/c1-2-27-8-3-4-9-34(49)40-28(12-11-27)13-14-29(24-36(40)51)30-15-17-33(48)37(25-30)53-43-32(16-18-35(50)42(43)52)41(31-19-23-47-39(45)26-31)44(20-5-6-21-44)38-10-7-22-46-38/h7,10,13-19,22,25-29,32,34-36,40-43,46-52H,2-6,8-9,20-21,23-24,45H2,1H3. The van der Waals surface area contributed by atoms with Gasteiger partial charge in [0.1, 0.15) is 18.3 Å². The molecule has 11 unspecified atom stereocenters. The van der Waals surface area contributed by atoms with E-state index >= 15 is 0 Å². The van der Waals surface area contributed by atoms with Gasteiger partial charge in [0.25, 0.3) is 0 Å². The van der Waals surface area contributed by atoms with E-state index < -0.39 is 36.4 Å². The fraction of sp³-hybridized carbons (Fsp3) is 0.545. The van der Waals surface area contributed by atoms with E-state index in [-0.39, 0.29) is 40.6 Å². The molecule has 9 nitrogen and oxygen atoms in total. The number of aliphatic hydroxyl groups excluding tert-OH is 4. The van der Waals surface area contributed by atoms with Crippen LogP contribution in [0.5, 0.6) is 11.5 Å². The third-order valence-electron chi connectivity index (χ3n) is 12.8. The van der Waals surface area contributed by atoms with Crippen LogP contribution >= 0.6 is 0 Å². The normalized spacial score (nSPS) is 34.7. The number of aliphatic hydroxyl groups is 4. The fourth-order valence-electron chi connectivity index (χ4n) is 9.97. The van der Waals surface area contributed by atoms with Crippen LogP contribution in [-0.4, -0.2) is 67.6 Å². The van der Waals surface area contributed by atoms with Crippen molar-refractivity contribution in [2.24, 2.45) is 35.3 Å². The highest BCUT2D eigenvalue weighted by Crippen LogP contribution is 2.54. The number of aromatic hydroxyl groups is 1. The molecule has 5 aliphatic rings. The molecule has 1 aromatic heterocycles. The Labute approximate surface area is 313 Å². The van der Waals surface area contributed by atoms with Crippen molar-refractivity contribution in [2.75, 3.05) is 6.54 Å². The molecule has 9 heteroatoms. The largest absolute Gasteiger partial charge is 0.504 e. The second-order valence-corrected chi connectivity index (χ2v) is 16.0. The van der Waals surface area contributed by atoms with Gasteiger partial charge in [0, 0.05) is 59.4 Å². The molecule has 9 N–H and O–H groups in total. The summed E-state index contributed by atoms with van der Waals surface area (Å²) in [5.74, 6) is 6.44. The van der Waals surface area contributed by atoms with Crippen molar-refractivity contribution in [1.29, 1.82) is 0 Å². The maximum absolute atomic E-state index is 11.7. The zero-order valence-corrected chi connectivity index (χ0v) is 30.8. The maximum Gasteiger partial charge on any atom is 0.161 e. The minimum atomic E-state index is -1.27. The van der Waals surface area contributed by atoms with Gasteiger partial charge in [-0.25, -0.2) is 0 Å². The van der Waals surface area contributed by atoms with Crippen molar-refractivity contribution in [3.63, 3.8) is 0 Å². The lowest BCUT2D eigenvalue weighted by Crippen LogP contribution is -2.53. The Bertz CT molecular complexity index is 1750. The number of phenols is 1. The van der Waals surface area contributed by atoms with Crippen molar-refractivity contribution in [2.45, 2.75) is 113 Å². The van der Waals surface area contributed by atoms with Crippen LogP contribution in [0.2, 0.25) is 0 Å². The molecule has 0 radical (unpaired) electrons. The third kappa shape index (κ3) is 7.70. The zero-order valence-electron chi connectivity index (χ0n) is 30.8. The Hall–Kier alpha value is -3.94. The number of allylic oxidation sites excluding steroid dienone is 4. The number of ether oxygens (including phenoxy) is 1. The second-order valence-electron chi connectivity index (χ2n) is 16.0. The predicted molar refractivity (Wildman–Crippen MR) is 205 cm³/mol. The van der Waals surface area contributed by atoms with Crippen molar-refractivity contribution in [1.82, 2.24) is 10.3 Å². The van der Waals surface area contributed by atoms with Crippen molar-refractivity contribution in [3.05, 3.63) is 95.6 Å². The second kappa shape index (κ2) is 16.2. The number of phenolic OH excluding ortho intramolecular Hbond substituents is 1. The molecule has 0 bridgehead atoms. The van der Waals surface area contributed by atoms with Crippen LogP contribution in [0.15, 0.2) is 84.4 Å². The average molecular weight is 724 g/mol. The number of H-pyrrole nitrogens is 1. The Morgan fingerprint density at radius 2 is 1.77 bits per heavy atom. The average Bonchev–Trinajstić information content (AvgIpc) is 3.84. The molecule has 2 aromatic rings. The number of aromatic nitrogens is 1. The summed E-state index contributed by atoms with van der Waals surface area (Å²) in [4.78, 5) is 3.51. The summed E-state index contributed by atoms with van der Waals surface area (Å²) >= 11 is 0. The Kier molecular flexibility index (Phi) is 11.4. The van der Waals surface area contributed by atoms with Crippen LogP contribution in [0.1, 0.15) is 88.3 Å². The van der Waals surface area contributed by atoms with Crippen LogP contribution in [0, 0.1) is 41.4 Å². The van der Waals surface area contributed by atoms with E-state index in [1.807, 2.05) is 36.6 Å². The van der Waals surface area contributed by atoms with Crippen LogP contribution < -0.4 is 15.8 Å². The summed E-state index contributed by atoms with van der Waals surface area (Å²) in [6, 6.07) is 9.38. The Balaban J connectivity index is 1.23. The lowest BCUT2D eigenvalue weighted by atomic mass is 9.60. The molecule has 284 valence electrons. The topological polar surface area (TPSA) is 164 Å². The van der Waals surface area contributed by atoms with Crippen LogP contribution in [0.4, 0.5) is 0 Å². The molecule has 53 heavy (non-hydrogen) atoms. The molecule has 0 amide bonds. The number of nitrogens with two attached hydrogens (primary N) is 1. The highest BCUT2D eigenvalue weighted by molar-refractivity contribution is 5.45. The number of benzene rings is 1. The first-order valence-electron chi connectivity index (χ1n) is 19.8. The summed E-state index contributed by atoms with van der Waals surface area (Å²) in [7, 11) is 0. The Morgan fingerprint density at radius 3 is 2.53 bits per heavy atom. The van der Waals surface area contributed by atoms with Gasteiger partial charge in [-0.1, -0.05) is 80.9 Å². The van der Waals surface area contributed by atoms with Gasteiger partial charge in [-0.15, -0.1) is 0 Å². The lowest BCUT2D eigenvalue weighted by molar-refractivity contribution is -0.0666. The van der Waals surface area contributed by atoms with E-state index in [2.05, 4.69) is 47.3 Å². The van der Waals surface area contributed by atoms with Gasteiger partial charge >= 0.3 is 0 Å². The molecule has 1 aromatic carbocycles. The van der Waals surface area contributed by atoms with Crippen LogP contribution in [0.3, 0.4) is 0 Å². The van der Waals surface area contributed by atoms with Gasteiger partial charge in [0.05, 0.1) is 18.0 Å². The minimum absolute atomic E-state index is 0.0790. The molecule has 4 aliphatic carbocycles. The quantitative estimate of drug-likeness (QED) is 0.132. The Morgan fingerprint density at radius 1 is 0.962 bits per heavy atom. The van der Waals surface area contributed by atoms with Crippen molar-refractivity contribution in [3.8, 4) is 23.3 Å². The van der Waals surface area contributed by atoms with E-state index in [9.17, 15) is 25.5 Å². The van der Waals surface area contributed by atoms with E-state index in [0.29, 0.717) is 31.1 Å². The highest BCUT2D eigenvalue weighted by atomic mass is 16.5. The smallest absolute Gasteiger partial charge is 0.161 e. The van der Waals surface area contributed by atoms with Gasteiger partial charge in [-0.2, -0.15) is 0 Å². The number of hydrogen-bond acceptors (Lipinski definition) is 8. The van der Waals surface area contributed by atoms with Gasteiger partial charge < -0.3 is 46.3 Å². The summed E-state index contributed by atoms with van der Waals surface area (Å²) < 4.78 is 6.72. The highest BCUT2D eigenvalue weighted by Gasteiger charge is 2.52. The number of hydrogen-bond donors (Lipinski definition) is 8. The number of aromatic amines is 1. The fourth-order valence-corrected chi connectivity index (χ4v) is 9.97. The summed E-state index contributed by atoms with van der Waals surface area (Å²) in [6.07, 6.45) is 18.0. The summed E-state index contributed by atoms with van der Waals surface area (Å²) in [6.45, 7) is 2.74. The number of rotatable bonds is 8. The first-order valence-corrected chi connectivity index (χ1v) is 19.8. The molecule has 0 saturated heterocycles. The first-order chi connectivity index (χ1) is 25.7. The predicted octanol–water partition coefficient (Wildman–Crippen LogP) is 5.43. The van der Waals surface area contributed by atoms with Gasteiger partial charge in [0.2, 0.25) is 0 Å². The van der Waals surface area contributed by atoms with E-state index in [4.69, 9.17) is 10.5 Å². The van der Waals surface area contributed by atoms with Crippen molar-refractivity contribution >= 4 is 0 Å². The lowest BCUT2D eigenvalue weighted by Gasteiger charge is -2.47. The minimum Gasteiger partial charge on any atom is -0.504 e. The van der Waals surface area contributed by atoms with Gasteiger partial charge in [-0.05, 0) is 80.0 Å². The van der Waals surface area contributed by atoms with Crippen LogP contribution in [0.25, 0.3) is 0 Å². The molecular weight excluding hydrogens is 666 g/mol. The molecule has 7 rings (SSSR count). The molecule has 1 saturated carbocycles. The molecule has 1 aliphatic heterocycles. The molecule has 11 atom stereocenters. The van der Waals surface area contributed by atoms with Crippen LogP contribution in [-0.2, 0) is 5.41 Å². The summed E-state index contributed by atoms with van der Waals surface area (Å²) in [5, 5.41) is 60.1. The van der Waals surface area contributed by atoms with Gasteiger partial charge in [0.15, 0.2) is 11.5 Å². The zero-order chi connectivity index (χ0) is 37.1. The van der Waals surface area contributed by atoms with Gasteiger partial charge in [-0.3, -0.25) is 0 Å². The number of nitrogens with one attached hydrogen (secondary N) is 2. The van der Waals surface area contributed by atoms with E-state index in [0.717, 1.165) is 68.2 Å². The monoisotopic (exact) mass is 723 g/mol. The van der Waals surface area contributed by atoms with E-state index in [1.165, 1.54) is 0 Å². The molecule has 0 spiro atoms. The number of fused-ring (bicyclic) bond motifs is 1. The maximum atomic E-state index is 11.7. The SMILES string of the molecule is CCC1C#CC2C=CC(c3ccc(O)c(OC4C(O)C(O)C=CC4C(C4=CCNC(N)=C4)C4(c5ccc[nH]5)CCCC4)c3)CC(O)C2C(O)CCCC1. The van der Waals surface area contributed by atoms with Crippen molar-refractivity contribution < 1.29 is 30.3 Å². The molecule has 1 fully saturated rings. The first kappa shape index (κ1) is 37.4. The third-order valence-corrected chi connectivity index (χ3v) is 12.8. The number of dihydropyridines is 1. The van der Waals surface area contributed by atoms with E-state index in [1.54, 1.807) is 18.2 Å². The summed E-state index contributed by atoms with van der Waals surface area (Å²) in [5.41, 5.74) is 9.07.